The first-order valence-corrected chi connectivity index (χ1v) is 17.6. The number of rotatable bonds is 8. The van der Waals surface area contributed by atoms with Gasteiger partial charge in [0.15, 0.2) is 0 Å². The Morgan fingerprint density at radius 1 is 0.920 bits per heavy atom. The van der Waals surface area contributed by atoms with Crippen LogP contribution in [-0.2, 0) is 19.8 Å². The fourth-order valence-corrected chi connectivity index (χ4v) is 7.86. The number of anilines is 1. The number of carbonyl (C=O) groups excluding carboxylic acids is 3. The van der Waals surface area contributed by atoms with Crippen LogP contribution >= 0.6 is 0 Å². The average molecular weight is 674 g/mol. The predicted molar refractivity (Wildman–Crippen MR) is 190 cm³/mol. The first kappa shape index (κ1) is 33.3. The van der Waals surface area contributed by atoms with Gasteiger partial charge >= 0.3 is 0 Å². The third-order valence-electron chi connectivity index (χ3n) is 10.9. The molecular weight excluding hydrogens is 630 g/mol. The van der Waals surface area contributed by atoms with Crippen molar-refractivity contribution in [3.8, 4) is 22.8 Å². The number of nitrogens with one attached hydrogen (secondary N) is 1. The van der Waals surface area contributed by atoms with Crippen molar-refractivity contribution < 1.29 is 24.2 Å². The summed E-state index contributed by atoms with van der Waals surface area (Å²) in [4.78, 5) is 42.7. The van der Waals surface area contributed by atoms with Gasteiger partial charge in [-0.1, -0.05) is 54.6 Å². The molecule has 4 heterocycles. The second kappa shape index (κ2) is 14.3. The van der Waals surface area contributed by atoms with Crippen LogP contribution in [0.4, 0.5) is 5.69 Å². The third kappa shape index (κ3) is 6.79. The molecule has 3 amide bonds. The number of hydrogen-bond donors (Lipinski definition) is 2. The molecule has 0 spiro atoms. The van der Waals surface area contributed by atoms with E-state index in [-0.39, 0.29) is 35.5 Å². The summed E-state index contributed by atoms with van der Waals surface area (Å²) in [6, 6.07) is 26.9. The molecule has 3 saturated heterocycles. The summed E-state index contributed by atoms with van der Waals surface area (Å²) < 4.78 is 6.35. The van der Waals surface area contributed by atoms with E-state index < -0.39 is 5.41 Å². The van der Waals surface area contributed by atoms with E-state index in [0.717, 1.165) is 35.4 Å². The number of amides is 3. The van der Waals surface area contributed by atoms with Crippen LogP contribution in [0.15, 0.2) is 91.1 Å². The van der Waals surface area contributed by atoms with E-state index in [4.69, 9.17) is 4.74 Å². The van der Waals surface area contributed by atoms with Gasteiger partial charge in [0.1, 0.15) is 11.5 Å². The van der Waals surface area contributed by atoms with Crippen LogP contribution in [0.1, 0.15) is 62.5 Å². The molecule has 0 saturated carbocycles. The van der Waals surface area contributed by atoms with Crippen LogP contribution in [0, 0.1) is 5.92 Å². The molecule has 10 nitrogen and oxygen atoms in total. The van der Waals surface area contributed by atoms with Crippen molar-refractivity contribution >= 4 is 23.4 Å². The molecule has 0 bridgehead atoms. The maximum absolute atomic E-state index is 14.5. The van der Waals surface area contributed by atoms with Gasteiger partial charge in [-0.25, -0.2) is 0 Å². The van der Waals surface area contributed by atoms with Crippen molar-refractivity contribution in [1.29, 1.82) is 0 Å². The number of phenols is 1. The van der Waals surface area contributed by atoms with Gasteiger partial charge in [0.05, 0.1) is 35.0 Å². The predicted octanol–water partition coefficient (Wildman–Crippen LogP) is 5.61. The van der Waals surface area contributed by atoms with Gasteiger partial charge in [0, 0.05) is 38.2 Å². The molecule has 1 unspecified atom stereocenters. The first-order chi connectivity index (χ1) is 24.3. The van der Waals surface area contributed by atoms with Crippen LogP contribution in [-0.4, -0.2) is 70.2 Å². The highest BCUT2D eigenvalue weighted by atomic mass is 16.5. The summed E-state index contributed by atoms with van der Waals surface area (Å²) in [5.74, 6) is 0.643. The molecule has 3 fully saturated rings. The molecule has 7 rings (SSSR count). The second-order valence-corrected chi connectivity index (χ2v) is 13.8. The number of likely N-dealkylation sites (tertiary alicyclic amines) is 1. The molecule has 3 aliphatic heterocycles. The van der Waals surface area contributed by atoms with Gasteiger partial charge in [-0.05, 0) is 86.4 Å². The van der Waals surface area contributed by atoms with Crippen LogP contribution in [0.5, 0.6) is 11.5 Å². The van der Waals surface area contributed by atoms with Gasteiger partial charge in [-0.2, -0.15) is 10.2 Å². The number of phenolic OH excluding ortho intramolecular Hbond substituents is 1. The lowest BCUT2D eigenvalue weighted by Crippen LogP contribution is -2.55. The molecule has 2 atom stereocenters. The summed E-state index contributed by atoms with van der Waals surface area (Å²) >= 11 is 0. The second-order valence-electron chi connectivity index (χ2n) is 13.8. The summed E-state index contributed by atoms with van der Waals surface area (Å²) in [6.07, 6.45) is 5.66. The normalized spacial score (nSPS) is 20.2. The number of imide groups is 1. The van der Waals surface area contributed by atoms with Gasteiger partial charge in [0.25, 0.3) is 0 Å². The molecule has 2 N–H and O–H groups in total. The Morgan fingerprint density at radius 2 is 1.62 bits per heavy atom. The minimum atomic E-state index is -0.613. The standard InChI is InChI=1S/C40H43N5O5/c1-27(50-32-13-11-29(12-14-32)33-15-16-37(47)42-38(33)48)28-17-21-45(22-18-28)39(49)40(30-7-3-2-4-8-30)19-23-44(24-20-40)31-25-35(43-41-26-31)34-9-5-6-10-36(34)46/h2-14,25-28,33,46H,15-24H2,1H3,(H,42,47,48)/t27-,33?/m0/s1. The summed E-state index contributed by atoms with van der Waals surface area (Å²) in [5.41, 5.74) is 3.51. The molecule has 3 aliphatic rings. The maximum atomic E-state index is 14.5. The Labute approximate surface area is 292 Å². The number of benzene rings is 3. The quantitative estimate of drug-likeness (QED) is 0.231. The van der Waals surface area contributed by atoms with E-state index >= 15 is 0 Å². The Hall–Kier alpha value is -5.25. The van der Waals surface area contributed by atoms with E-state index in [0.29, 0.717) is 69.0 Å². The molecule has 4 aromatic rings. The largest absolute Gasteiger partial charge is 0.507 e. The molecular formula is C40H43N5O5. The van der Waals surface area contributed by atoms with Crippen LogP contribution in [0.3, 0.4) is 0 Å². The fraction of sp³-hybridized carbons (Fsp3) is 0.375. The van der Waals surface area contributed by atoms with Crippen molar-refractivity contribution in [2.75, 3.05) is 31.1 Å². The Bertz CT molecular complexity index is 1830. The van der Waals surface area contributed by atoms with Crippen molar-refractivity contribution in [2.24, 2.45) is 5.92 Å². The number of carbonyl (C=O) groups is 3. The third-order valence-corrected chi connectivity index (χ3v) is 10.9. The summed E-state index contributed by atoms with van der Waals surface area (Å²) in [6.45, 7) is 4.84. The molecule has 0 aliphatic carbocycles. The number of hydrogen-bond acceptors (Lipinski definition) is 8. The zero-order valence-corrected chi connectivity index (χ0v) is 28.3. The lowest BCUT2D eigenvalue weighted by molar-refractivity contribution is -0.140. The number of nitrogens with zero attached hydrogens (tertiary/aromatic N) is 4. The Balaban J connectivity index is 0.986. The molecule has 3 aromatic carbocycles. The Kier molecular flexibility index (Phi) is 9.52. The molecule has 0 radical (unpaired) electrons. The molecule has 50 heavy (non-hydrogen) atoms. The fourth-order valence-electron chi connectivity index (χ4n) is 7.86. The minimum Gasteiger partial charge on any atom is -0.507 e. The monoisotopic (exact) mass is 673 g/mol. The summed E-state index contributed by atoms with van der Waals surface area (Å²) in [5, 5.41) is 21.3. The van der Waals surface area contributed by atoms with E-state index in [2.05, 4.69) is 44.4 Å². The van der Waals surface area contributed by atoms with Crippen LogP contribution < -0.4 is 15.0 Å². The molecule has 258 valence electrons. The van der Waals surface area contributed by atoms with Crippen molar-refractivity contribution in [1.82, 2.24) is 20.4 Å². The Morgan fingerprint density at radius 3 is 2.32 bits per heavy atom. The lowest BCUT2D eigenvalue weighted by Gasteiger charge is -2.45. The number of aromatic nitrogens is 2. The van der Waals surface area contributed by atoms with E-state index in [1.54, 1.807) is 18.3 Å². The van der Waals surface area contributed by atoms with Gasteiger partial charge in [-0.15, -0.1) is 0 Å². The maximum Gasteiger partial charge on any atom is 0.234 e. The smallest absolute Gasteiger partial charge is 0.234 e. The number of aromatic hydroxyl groups is 1. The van der Waals surface area contributed by atoms with E-state index in [1.807, 2.05) is 60.7 Å². The van der Waals surface area contributed by atoms with Gasteiger partial charge in [-0.3, -0.25) is 19.7 Å². The number of ether oxygens (including phenoxy) is 1. The minimum absolute atomic E-state index is 0.0308. The van der Waals surface area contributed by atoms with Crippen molar-refractivity contribution in [2.45, 2.75) is 62.9 Å². The molecule has 1 aromatic heterocycles. The van der Waals surface area contributed by atoms with Gasteiger partial charge < -0.3 is 19.6 Å². The van der Waals surface area contributed by atoms with Crippen LogP contribution in [0.25, 0.3) is 11.3 Å². The topological polar surface area (TPSA) is 125 Å². The van der Waals surface area contributed by atoms with Crippen molar-refractivity contribution in [3.05, 3.63) is 102 Å². The summed E-state index contributed by atoms with van der Waals surface area (Å²) in [7, 11) is 0. The number of para-hydroxylation sites is 1. The van der Waals surface area contributed by atoms with E-state index in [9.17, 15) is 19.5 Å². The average Bonchev–Trinajstić information content (AvgIpc) is 3.16. The zero-order valence-electron chi connectivity index (χ0n) is 28.3. The van der Waals surface area contributed by atoms with Gasteiger partial charge in [0.2, 0.25) is 17.7 Å². The molecule has 10 heteroatoms. The van der Waals surface area contributed by atoms with Crippen LogP contribution in [0.2, 0.25) is 0 Å². The zero-order chi connectivity index (χ0) is 34.7. The van der Waals surface area contributed by atoms with Crippen molar-refractivity contribution in [3.63, 3.8) is 0 Å². The highest BCUT2D eigenvalue weighted by Gasteiger charge is 2.46. The SMILES string of the molecule is C[C@H](Oc1ccc(C2CCC(=O)NC2=O)cc1)C1CCN(C(=O)C2(c3ccccc3)CCN(c3cnnc(-c4ccccc4O)c3)CC2)CC1. The van der Waals surface area contributed by atoms with E-state index in [1.165, 1.54) is 0 Å². The highest BCUT2D eigenvalue weighted by molar-refractivity contribution is 6.01. The first-order valence-electron chi connectivity index (χ1n) is 17.6. The lowest BCUT2D eigenvalue weighted by atomic mass is 9.71. The number of piperidine rings is 3. The highest BCUT2D eigenvalue weighted by Crippen LogP contribution is 2.40.